The highest BCUT2D eigenvalue weighted by atomic mass is 16.5. The van der Waals surface area contributed by atoms with Crippen molar-refractivity contribution in [1.82, 2.24) is 0 Å². The molecule has 78 valence electrons. The van der Waals surface area contributed by atoms with Gasteiger partial charge in [-0.2, -0.15) is 0 Å². The second-order valence-electron chi connectivity index (χ2n) is 3.54. The van der Waals surface area contributed by atoms with Crippen molar-refractivity contribution in [2.75, 3.05) is 0 Å². The predicted molar refractivity (Wildman–Crippen MR) is 56.9 cm³/mol. The van der Waals surface area contributed by atoms with Crippen LogP contribution in [0.5, 0.6) is 0 Å². The van der Waals surface area contributed by atoms with Crippen LogP contribution in [0.25, 0.3) is 0 Å². The molecule has 1 aliphatic rings. The highest BCUT2D eigenvalue weighted by Gasteiger charge is 2.19. The van der Waals surface area contributed by atoms with Crippen molar-refractivity contribution in [3.63, 3.8) is 0 Å². The molecule has 0 bridgehead atoms. The maximum Gasteiger partial charge on any atom is 0.331 e. The number of hydrogen-bond donors (Lipinski definition) is 0. The lowest BCUT2D eigenvalue weighted by Gasteiger charge is -2.21. The molecule has 14 heavy (non-hydrogen) atoms. The number of unbranched alkanes of at least 4 members (excludes halogenated alkanes) is 1. The largest absolute Gasteiger partial charge is 0.454 e. The van der Waals surface area contributed by atoms with E-state index >= 15 is 0 Å². The fourth-order valence-electron chi connectivity index (χ4n) is 1.52. The van der Waals surface area contributed by atoms with Gasteiger partial charge < -0.3 is 4.74 Å². The number of carbonyl (C=O) groups excluding carboxylic acids is 1. The fraction of sp³-hybridized carbons (Fsp3) is 0.583. The Kier molecular flexibility index (Phi) is 4.44. The molecule has 1 rings (SSSR count). The molecule has 1 atom stereocenters. The Hall–Kier alpha value is -1.05. The van der Waals surface area contributed by atoms with Crippen molar-refractivity contribution in [3.8, 4) is 0 Å². The van der Waals surface area contributed by atoms with Crippen LogP contribution in [0.2, 0.25) is 0 Å². The molecule has 0 aromatic rings. The molecule has 0 radical (unpaired) electrons. The molecule has 0 fully saturated rings. The zero-order chi connectivity index (χ0) is 10.4. The molecule has 1 aliphatic heterocycles. The molecule has 2 nitrogen and oxygen atoms in total. The molecule has 2 heteroatoms. The molecule has 0 spiro atoms. The van der Waals surface area contributed by atoms with Crippen LogP contribution < -0.4 is 0 Å². The summed E-state index contributed by atoms with van der Waals surface area (Å²) in [5, 5.41) is 0. The Morgan fingerprint density at radius 2 is 2.14 bits per heavy atom. The Morgan fingerprint density at radius 3 is 2.79 bits per heavy atom. The van der Waals surface area contributed by atoms with Gasteiger partial charge in [-0.15, -0.1) is 0 Å². The topological polar surface area (TPSA) is 26.3 Å². The molecule has 0 aromatic heterocycles. The second-order valence-corrected chi connectivity index (χ2v) is 3.54. The summed E-state index contributed by atoms with van der Waals surface area (Å²) in [5.41, 5.74) is 1.16. The number of ether oxygens (including phenoxy) is 1. The number of hydrogen-bond acceptors (Lipinski definition) is 2. The van der Waals surface area contributed by atoms with Gasteiger partial charge in [-0.3, -0.25) is 0 Å². The summed E-state index contributed by atoms with van der Waals surface area (Å²) < 4.78 is 5.24. The van der Waals surface area contributed by atoms with E-state index in [1.807, 2.05) is 6.08 Å². The third kappa shape index (κ3) is 3.02. The number of carbonyl (C=O) groups is 1. The van der Waals surface area contributed by atoms with Crippen molar-refractivity contribution in [3.05, 3.63) is 23.8 Å². The quantitative estimate of drug-likeness (QED) is 0.643. The fourth-order valence-corrected chi connectivity index (χ4v) is 1.52. The molecule has 1 heterocycles. The molecule has 0 aliphatic carbocycles. The Labute approximate surface area is 85.6 Å². The molecular formula is C12H18O2. The van der Waals surface area contributed by atoms with Crippen molar-refractivity contribution >= 4 is 5.97 Å². The molecule has 0 saturated heterocycles. The number of rotatable bonds is 4. The minimum atomic E-state index is -0.211. The van der Waals surface area contributed by atoms with Gasteiger partial charge in [0.1, 0.15) is 6.10 Å². The highest BCUT2D eigenvalue weighted by molar-refractivity contribution is 5.84. The van der Waals surface area contributed by atoms with Gasteiger partial charge in [-0.25, -0.2) is 4.79 Å². The lowest BCUT2D eigenvalue weighted by atomic mass is 10.0. The molecule has 0 N–H and O–H groups in total. The minimum absolute atomic E-state index is 0.0101. The predicted octanol–water partition coefficient (Wildman–Crippen LogP) is 2.99. The molecule has 0 aromatic carbocycles. The first kappa shape index (κ1) is 11.0. The van der Waals surface area contributed by atoms with E-state index in [0.717, 1.165) is 31.3 Å². The Balaban J connectivity index is 2.68. The smallest absolute Gasteiger partial charge is 0.331 e. The first-order chi connectivity index (χ1) is 6.77. The van der Waals surface area contributed by atoms with E-state index in [-0.39, 0.29) is 12.1 Å². The van der Waals surface area contributed by atoms with Gasteiger partial charge in [0, 0.05) is 6.08 Å². The van der Waals surface area contributed by atoms with Crippen LogP contribution in [0.4, 0.5) is 0 Å². The van der Waals surface area contributed by atoms with Crippen LogP contribution in [-0.4, -0.2) is 12.1 Å². The normalized spacial score (nSPS) is 24.0. The van der Waals surface area contributed by atoms with Gasteiger partial charge in [0.25, 0.3) is 0 Å². The summed E-state index contributed by atoms with van der Waals surface area (Å²) in [4.78, 5) is 11.0. The van der Waals surface area contributed by atoms with Gasteiger partial charge in [-0.1, -0.05) is 32.8 Å². The first-order valence-corrected chi connectivity index (χ1v) is 5.36. The SMILES string of the molecule is CCC/C=C1\C=CC(=O)OC1CCC. The third-order valence-corrected chi connectivity index (χ3v) is 2.26. The second kappa shape index (κ2) is 5.63. The van der Waals surface area contributed by atoms with E-state index in [4.69, 9.17) is 4.74 Å². The molecule has 1 unspecified atom stereocenters. The van der Waals surface area contributed by atoms with Crippen molar-refractivity contribution in [2.45, 2.75) is 45.6 Å². The molecular weight excluding hydrogens is 176 g/mol. The van der Waals surface area contributed by atoms with Gasteiger partial charge in [-0.05, 0) is 24.5 Å². The van der Waals surface area contributed by atoms with Crippen LogP contribution in [0.3, 0.4) is 0 Å². The van der Waals surface area contributed by atoms with Gasteiger partial charge in [0.05, 0.1) is 0 Å². The van der Waals surface area contributed by atoms with E-state index in [1.165, 1.54) is 6.08 Å². The Morgan fingerprint density at radius 1 is 1.36 bits per heavy atom. The summed E-state index contributed by atoms with van der Waals surface area (Å²) in [6.45, 7) is 4.24. The maximum absolute atomic E-state index is 11.0. The van der Waals surface area contributed by atoms with E-state index in [1.54, 1.807) is 0 Å². The summed E-state index contributed by atoms with van der Waals surface area (Å²) in [5.74, 6) is -0.211. The highest BCUT2D eigenvalue weighted by Crippen LogP contribution is 2.19. The monoisotopic (exact) mass is 194 g/mol. The van der Waals surface area contributed by atoms with Gasteiger partial charge in [0.2, 0.25) is 0 Å². The van der Waals surface area contributed by atoms with Crippen LogP contribution in [0, 0.1) is 0 Å². The lowest BCUT2D eigenvalue weighted by Crippen LogP contribution is -2.22. The Bertz CT molecular complexity index is 251. The van der Waals surface area contributed by atoms with E-state index < -0.39 is 0 Å². The number of esters is 1. The van der Waals surface area contributed by atoms with Crippen LogP contribution >= 0.6 is 0 Å². The van der Waals surface area contributed by atoms with E-state index in [2.05, 4.69) is 19.9 Å². The van der Waals surface area contributed by atoms with Crippen LogP contribution in [-0.2, 0) is 9.53 Å². The minimum Gasteiger partial charge on any atom is -0.454 e. The zero-order valence-electron chi connectivity index (χ0n) is 8.95. The van der Waals surface area contributed by atoms with E-state index in [9.17, 15) is 4.79 Å². The average molecular weight is 194 g/mol. The van der Waals surface area contributed by atoms with Crippen molar-refractivity contribution in [1.29, 1.82) is 0 Å². The maximum atomic E-state index is 11.0. The van der Waals surface area contributed by atoms with E-state index in [0.29, 0.717) is 0 Å². The third-order valence-electron chi connectivity index (χ3n) is 2.26. The van der Waals surface area contributed by atoms with Gasteiger partial charge in [0.15, 0.2) is 0 Å². The summed E-state index contributed by atoms with van der Waals surface area (Å²) in [6, 6.07) is 0. The summed E-state index contributed by atoms with van der Waals surface area (Å²) in [7, 11) is 0. The molecule has 0 amide bonds. The van der Waals surface area contributed by atoms with Crippen LogP contribution in [0.1, 0.15) is 39.5 Å². The number of allylic oxidation sites excluding steroid dienone is 1. The van der Waals surface area contributed by atoms with Crippen LogP contribution in [0.15, 0.2) is 23.8 Å². The van der Waals surface area contributed by atoms with Crippen molar-refractivity contribution in [2.24, 2.45) is 0 Å². The first-order valence-electron chi connectivity index (χ1n) is 5.36. The molecule has 0 saturated carbocycles. The average Bonchev–Trinajstić information content (AvgIpc) is 2.17. The zero-order valence-corrected chi connectivity index (χ0v) is 8.95. The number of cyclic esters (lactones) is 1. The van der Waals surface area contributed by atoms with Crippen molar-refractivity contribution < 1.29 is 9.53 Å². The lowest BCUT2D eigenvalue weighted by molar-refractivity contribution is -0.142. The van der Waals surface area contributed by atoms with Gasteiger partial charge >= 0.3 is 5.97 Å². The summed E-state index contributed by atoms with van der Waals surface area (Å²) >= 11 is 0. The summed E-state index contributed by atoms with van der Waals surface area (Å²) in [6.07, 6.45) is 9.70. The standard InChI is InChI=1S/C12H18O2/c1-3-5-7-10-8-9-12(13)14-11(10)6-4-2/h7-9,11H,3-6H2,1-2H3/b10-7+.